The number of aromatic nitrogens is 1. The van der Waals surface area contributed by atoms with Crippen molar-refractivity contribution < 1.29 is 13.6 Å². The normalized spacial score (nSPS) is 10.8. The zero-order valence-corrected chi connectivity index (χ0v) is 12.7. The van der Waals surface area contributed by atoms with Gasteiger partial charge in [0.25, 0.3) is 5.91 Å². The molecular formula is C19H14N2O3. The lowest BCUT2D eigenvalue weighted by molar-refractivity contribution is 0.0949. The maximum absolute atomic E-state index is 12.7. The van der Waals surface area contributed by atoms with E-state index in [4.69, 9.17) is 8.83 Å². The van der Waals surface area contributed by atoms with Crippen molar-refractivity contribution in [1.29, 1.82) is 0 Å². The quantitative estimate of drug-likeness (QED) is 0.617. The van der Waals surface area contributed by atoms with Gasteiger partial charge in [-0.15, -0.1) is 0 Å². The second-order valence-electron chi connectivity index (χ2n) is 5.31. The monoisotopic (exact) mass is 318 g/mol. The third-order valence-electron chi connectivity index (χ3n) is 3.74. The Labute approximate surface area is 137 Å². The number of benzene rings is 1. The first kappa shape index (κ1) is 14.3. The third-order valence-corrected chi connectivity index (χ3v) is 3.74. The van der Waals surface area contributed by atoms with Gasteiger partial charge >= 0.3 is 0 Å². The SMILES string of the molecule is O=C(NCc1ccco1)c1cc(-c2ccco2)nc2ccccc12. The van der Waals surface area contributed by atoms with Gasteiger partial charge < -0.3 is 14.2 Å². The van der Waals surface area contributed by atoms with Crippen molar-refractivity contribution in [3.63, 3.8) is 0 Å². The summed E-state index contributed by atoms with van der Waals surface area (Å²) < 4.78 is 10.7. The molecule has 1 amide bonds. The number of amides is 1. The highest BCUT2D eigenvalue weighted by atomic mass is 16.3. The van der Waals surface area contributed by atoms with Gasteiger partial charge in [-0.3, -0.25) is 4.79 Å². The first-order chi connectivity index (χ1) is 11.8. The number of nitrogens with one attached hydrogen (secondary N) is 1. The first-order valence-electron chi connectivity index (χ1n) is 7.55. The zero-order valence-electron chi connectivity index (χ0n) is 12.7. The van der Waals surface area contributed by atoms with Crippen LogP contribution in [0.1, 0.15) is 16.1 Å². The van der Waals surface area contributed by atoms with Gasteiger partial charge in [0.1, 0.15) is 11.5 Å². The summed E-state index contributed by atoms with van der Waals surface area (Å²) >= 11 is 0. The Morgan fingerprint density at radius 3 is 2.62 bits per heavy atom. The number of carbonyl (C=O) groups is 1. The molecule has 0 aliphatic rings. The minimum absolute atomic E-state index is 0.183. The van der Waals surface area contributed by atoms with Crippen molar-refractivity contribution in [2.75, 3.05) is 0 Å². The summed E-state index contributed by atoms with van der Waals surface area (Å²) in [4.78, 5) is 17.2. The molecule has 4 rings (SSSR count). The molecule has 3 aromatic heterocycles. The van der Waals surface area contributed by atoms with Crippen LogP contribution < -0.4 is 5.32 Å². The van der Waals surface area contributed by atoms with Gasteiger partial charge in [-0.2, -0.15) is 0 Å². The summed E-state index contributed by atoms with van der Waals surface area (Å²) in [6.07, 6.45) is 3.17. The highest BCUT2D eigenvalue weighted by Gasteiger charge is 2.15. The number of nitrogens with zero attached hydrogens (tertiary/aromatic N) is 1. The largest absolute Gasteiger partial charge is 0.467 e. The maximum atomic E-state index is 12.7. The molecule has 5 heteroatoms. The number of carbonyl (C=O) groups excluding carboxylic acids is 1. The Hall–Kier alpha value is -3.34. The Morgan fingerprint density at radius 1 is 1.00 bits per heavy atom. The lowest BCUT2D eigenvalue weighted by Crippen LogP contribution is -2.23. The molecule has 0 spiro atoms. The highest BCUT2D eigenvalue weighted by molar-refractivity contribution is 6.07. The second-order valence-corrected chi connectivity index (χ2v) is 5.31. The van der Waals surface area contributed by atoms with Crippen molar-refractivity contribution in [3.05, 3.63) is 78.4 Å². The van der Waals surface area contributed by atoms with E-state index in [-0.39, 0.29) is 5.91 Å². The zero-order chi connectivity index (χ0) is 16.4. The van der Waals surface area contributed by atoms with E-state index in [9.17, 15) is 4.79 Å². The molecule has 118 valence electrons. The highest BCUT2D eigenvalue weighted by Crippen LogP contribution is 2.25. The van der Waals surface area contributed by atoms with Crippen LogP contribution in [0, 0.1) is 0 Å². The topological polar surface area (TPSA) is 68.3 Å². The standard InChI is InChI=1S/C19H14N2O3/c22-19(20-12-13-5-3-9-23-13)15-11-17(18-8-4-10-24-18)21-16-7-2-1-6-14(15)16/h1-11H,12H2,(H,20,22). The van der Waals surface area contributed by atoms with Gasteiger partial charge in [-0.05, 0) is 36.4 Å². The van der Waals surface area contributed by atoms with Crippen LogP contribution in [0.4, 0.5) is 0 Å². The third kappa shape index (κ3) is 2.67. The van der Waals surface area contributed by atoms with Crippen LogP contribution >= 0.6 is 0 Å². The Morgan fingerprint density at radius 2 is 1.83 bits per heavy atom. The molecule has 5 nitrogen and oxygen atoms in total. The van der Waals surface area contributed by atoms with Crippen molar-refractivity contribution in [3.8, 4) is 11.5 Å². The molecule has 4 aromatic rings. The second kappa shape index (κ2) is 6.04. The van der Waals surface area contributed by atoms with Crippen molar-refractivity contribution in [1.82, 2.24) is 10.3 Å². The molecular weight excluding hydrogens is 304 g/mol. The summed E-state index contributed by atoms with van der Waals surface area (Å²) in [7, 11) is 0. The average Bonchev–Trinajstić information content (AvgIpc) is 3.32. The molecule has 24 heavy (non-hydrogen) atoms. The van der Waals surface area contributed by atoms with Gasteiger partial charge in [0, 0.05) is 5.39 Å². The predicted molar refractivity (Wildman–Crippen MR) is 89.3 cm³/mol. The molecule has 0 saturated carbocycles. The fraction of sp³-hybridized carbons (Fsp3) is 0.0526. The predicted octanol–water partition coefficient (Wildman–Crippen LogP) is 4.02. The number of pyridine rings is 1. The minimum Gasteiger partial charge on any atom is -0.467 e. The molecule has 0 aliphatic heterocycles. The molecule has 0 radical (unpaired) electrons. The van der Waals surface area contributed by atoms with E-state index >= 15 is 0 Å². The van der Waals surface area contributed by atoms with Crippen LogP contribution in [-0.4, -0.2) is 10.9 Å². The Balaban J connectivity index is 1.73. The summed E-state index contributed by atoms with van der Waals surface area (Å²) in [6.45, 7) is 0.332. The number of hydrogen-bond donors (Lipinski definition) is 1. The van der Waals surface area contributed by atoms with Crippen LogP contribution in [0.5, 0.6) is 0 Å². The Bertz CT molecular complexity index is 973. The fourth-order valence-electron chi connectivity index (χ4n) is 2.59. The van der Waals surface area contributed by atoms with E-state index < -0.39 is 0 Å². The van der Waals surface area contributed by atoms with E-state index in [1.54, 1.807) is 30.7 Å². The molecule has 0 bridgehead atoms. The molecule has 1 aromatic carbocycles. The number of furan rings is 2. The summed E-state index contributed by atoms with van der Waals surface area (Å²) in [5.74, 6) is 1.15. The van der Waals surface area contributed by atoms with Gasteiger partial charge in [0.2, 0.25) is 0 Å². The average molecular weight is 318 g/mol. The summed E-state index contributed by atoms with van der Waals surface area (Å²) in [6, 6.07) is 16.5. The Kier molecular flexibility index (Phi) is 3.59. The molecule has 0 atom stereocenters. The van der Waals surface area contributed by atoms with Crippen molar-refractivity contribution in [2.24, 2.45) is 0 Å². The van der Waals surface area contributed by atoms with Gasteiger partial charge in [0.15, 0.2) is 5.76 Å². The summed E-state index contributed by atoms with van der Waals surface area (Å²) in [5.41, 5.74) is 1.93. The van der Waals surface area contributed by atoms with Gasteiger partial charge in [-0.1, -0.05) is 18.2 Å². The smallest absolute Gasteiger partial charge is 0.252 e. The van der Waals surface area contributed by atoms with E-state index in [1.165, 1.54) is 0 Å². The van der Waals surface area contributed by atoms with E-state index in [0.29, 0.717) is 29.3 Å². The lowest BCUT2D eigenvalue weighted by Gasteiger charge is -2.09. The van der Waals surface area contributed by atoms with Crippen LogP contribution in [0.15, 0.2) is 76.0 Å². The van der Waals surface area contributed by atoms with E-state index in [1.807, 2.05) is 36.4 Å². The van der Waals surface area contributed by atoms with Crippen LogP contribution in [0.3, 0.4) is 0 Å². The molecule has 0 aliphatic carbocycles. The fourth-order valence-corrected chi connectivity index (χ4v) is 2.59. The maximum Gasteiger partial charge on any atom is 0.252 e. The molecule has 1 N–H and O–H groups in total. The minimum atomic E-state index is -0.183. The lowest BCUT2D eigenvalue weighted by atomic mass is 10.1. The van der Waals surface area contributed by atoms with Crippen LogP contribution in [0.2, 0.25) is 0 Å². The van der Waals surface area contributed by atoms with Gasteiger partial charge in [-0.25, -0.2) is 4.98 Å². The van der Waals surface area contributed by atoms with Crippen molar-refractivity contribution >= 4 is 16.8 Å². The first-order valence-corrected chi connectivity index (χ1v) is 7.55. The van der Waals surface area contributed by atoms with Crippen LogP contribution in [0.25, 0.3) is 22.4 Å². The van der Waals surface area contributed by atoms with Crippen LogP contribution in [-0.2, 0) is 6.54 Å². The molecule has 0 saturated heterocycles. The van der Waals surface area contributed by atoms with E-state index in [2.05, 4.69) is 10.3 Å². The van der Waals surface area contributed by atoms with Crippen molar-refractivity contribution in [2.45, 2.75) is 6.54 Å². The number of hydrogen-bond acceptors (Lipinski definition) is 4. The number of para-hydroxylation sites is 1. The molecule has 0 unspecified atom stereocenters. The number of rotatable bonds is 4. The molecule has 0 fully saturated rings. The summed E-state index contributed by atoms with van der Waals surface area (Å²) in [5, 5.41) is 3.67. The molecule has 3 heterocycles. The van der Waals surface area contributed by atoms with Gasteiger partial charge in [0.05, 0.1) is 30.2 Å². The van der Waals surface area contributed by atoms with E-state index in [0.717, 1.165) is 10.9 Å². The number of fused-ring (bicyclic) bond motifs is 1.